The van der Waals surface area contributed by atoms with E-state index in [0.29, 0.717) is 17.7 Å². The smallest absolute Gasteiger partial charge is 0.332 e. The molecule has 0 radical (unpaired) electrons. The van der Waals surface area contributed by atoms with Crippen molar-refractivity contribution in [3.05, 3.63) is 29.3 Å². The molecule has 0 fully saturated rings. The van der Waals surface area contributed by atoms with Crippen LogP contribution in [0.4, 0.5) is 10.1 Å². The number of halogens is 1. The minimum Gasteiger partial charge on any atom is -0.398 e. The zero-order valence-electron chi connectivity index (χ0n) is 6.80. The van der Waals surface area contributed by atoms with Gasteiger partial charge in [-0.2, -0.15) is 4.39 Å². The molecule has 0 saturated heterocycles. The summed E-state index contributed by atoms with van der Waals surface area (Å²) in [6.45, 7) is 1.83. The fourth-order valence-corrected chi connectivity index (χ4v) is 1.18. The van der Waals surface area contributed by atoms with Crippen LogP contribution in [0.5, 0.6) is 0 Å². The maximum Gasteiger partial charge on any atom is 0.332 e. The maximum atomic E-state index is 12.4. The Kier molecular flexibility index (Phi) is 2.43. The zero-order chi connectivity index (χ0) is 9.14. The second kappa shape index (κ2) is 3.34. The van der Waals surface area contributed by atoms with E-state index in [1.165, 1.54) is 6.07 Å². The third-order valence-electron chi connectivity index (χ3n) is 1.78. The Hall–Kier alpha value is -1.38. The largest absolute Gasteiger partial charge is 0.398 e. The van der Waals surface area contributed by atoms with E-state index in [1.54, 1.807) is 12.1 Å². The highest BCUT2D eigenvalue weighted by molar-refractivity contribution is 5.91. The molecule has 0 unspecified atom stereocenters. The second-order valence-corrected chi connectivity index (χ2v) is 2.50. The van der Waals surface area contributed by atoms with Gasteiger partial charge in [-0.3, -0.25) is 4.79 Å². The van der Waals surface area contributed by atoms with Crippen molar-refractivity contribution in [2.75, 3.05) is 5.73 Å². The molecule has 0 spiro atoms. The lowest BCUT2D eigenvalue weighted by atomic mass is 10.0. The van der Waals surface area contributed by atoms with E-state index in [-0.39, 0.29) is 5.56 Å². The van der Waals surface area contributed by atoms with Gasteiger partial charge in [0, 0.05) is 5.69 Å². The highest BCUT2D eigenvalue weighted by Crippen LogP contribution is 2.18. The van der Waals surface area contributed by atoms with Crippen molar-refractivity contribution in [3.8, 4) is 0 Å². The van der Waals surface area contributed by atoms with Gasteiger partial charge in [0.1, 0.15) is 0 Å². The third kappa shape index (κ3) is 1.44. The highest BCUT2D eigenvalue weighted by Gasteiger charge is 2.10. The summed E-state index contributed by atoms with van der Waals surface area (Å²) in [5, 5.41) is 0. The molecule has 0 heterocycles. The highest BCUT2D eigenvalue weighted by atomic mass is 19.1. The van der Waals surface area contributed by atoms with E-state index >= 15 is 0 Å². The van der Waals surface area contributed by atoms with Gasteiger partial charge in [0.25, 0.3) is 0 Å². The van der Waals surface area contributed by atoms with E-state index in [1.807, 2.05) is 6.92 Å². The predicted molar refractivity (Wildman–Crippen MR) is 45.7 cm³/mol. The average Bonchev–Trinajstić information content (AvgIpc) is 2.03. The van der Waals surface area contributed by atoms with Gasteiger partial charge in [-0.15, -0.1) is 0 Å². The fraction of sp³-hybridized carbons (Fsp3) is 0.222. The van der Waals surface area contributed by atoms with Crippen LogP contribution in [0, 0.1) is 0 Å². The first-order valence-electron chi connectivity index (χ1n) is 3.74. The molecule has 2 nitrogen and oxygen atoms in total. The molecule has 0 aliphatic carbocycles. The van der Waals surface area contributed by atoms with Crippen molar-refractivity contribution >= 4 is 11.7 Å². The van der Waals surface area contributed by atoms with E-state index in [4.69, 9.17) is 5.73 Å². The van der Waals surface area contributed by atoms with Gasteiger partial charge in [-0.1, -0.05) is 13.0 Å². The summed E-state index contributed by atoms with van der Waals surface area (Å²) in [6.07, 6.45) is 0.567. The number of hydrogen-bond acceptors (Lipinski definition) is 2. The minimum absolute atomic E-state index is 0.0810. The molecule has 0 bridgehead atoms. The molecule has 64 valence electrons. The van der Waals surface area contributed by atoms with Crippen molar-refractivity contribution in [1.29, 1.82) is 0 Å². The lowest BCUT2D eigenvalue weighted by Gasteiger charge is -2.05. The number of nitrogens with two attached hydrogens (primary N) is 1. The van der Waals surface area contributed by atoms with Gasteiger partial charge < -0.3 is 5.73 Å². The van der Waals surface area contributed by atoms with Crippen LogP contribution in [-0.2, 0) is 6.42 Å². The van der Waals surface area contributed by atoms with Gasteiger partial charge in [-0.05, 0) is 24.1 Å². The Morgan fingerprint density at radius 2 is 2.25 bits per heavy atom. The zero-order valence-corrected chi connectivity index (χ0v) is 6.80. The van der Waals surface area contributed by atoms with E-state index in [2.05, 4.69) is 0 Å². The topological polar surface area (TPSA) is 43.1 Å². The van der Waals surface area contributed by atoms with Crippen molar-refractivity contribution in [1.82, 2.24) is 0 Å². The van der Waals surface area contributed by atoms with Crippen LogP contribution in [0.1, 0.15) is 22.8 Å². The Labute approximate surface area is 70.2 Å². The molecule has 0 aliphatic rings. The van der Waals surface area contributed by atoms with Gasteiger partial charge in [0.15, 0.2) is 0 Å². The SMILES string of the molecule is CCc1c(N)cccc1C(=O)F. The molecule has 1 aromatic rings. The number of anilines is 1. The maximum absolute atomic E-state index is 12.4. The molecule has 0 aliphatic heterocycles. The van der Waals surface area contributed by atoms with E-state index in [0.717, 1.165) is 0 Å². The number of benzene rings is 1. The first-order valence-corrected chi connectivity index (χ1v) is 3.74. The second-order valence-electron chi connectivity index (χ2n) is 2.50. The van der Waals surface area contributed by atoms with E-state index in [9.17, 15) is 9.18 Å². The molecular formula is C9H10FNO. The third-order valence-corrected chi connectivity index (χ3v) is 1.78. The Bertz CT molecular complexity index is 309. The van der Waals surface area contributed by atoms with Crippen LogP contribution >= 0.6 is 0 Å². The van der Waals surface area contributed by atoms with Crippen LogP contribution in [0.15, 0.2) is 18.2 Å². The lowest BCUT2D eigenvalue weighted by Crippen LogP contribution is -2.01. The molecule has 0 aromatic heterocycles. The number of carbonyl (C=O) groups is 1. The molecule has 1 aromatic carbocycles. The molecule has 0 amide bonds. The van der Waals surface area contributed by atoms with Crippen molar-refractivity contribution in [2.24, 2.45) is 0 Å². The Balaban J connectivity index is 3.27. The predicted octanol–water partition coefficient (Wildman–Crippen LogP) is 1.94. The fourth-order valence-electron chi connectivity index (χ4n) is 1.18. The number of rotatable bonds is 2. The van der Waals surface area contributed by atoms with Gasteiger partial charge >= 0.3 is 6.04 Å². The van der Waals surface area contributed by atoms with Crippen LogP contribution in [-0.4, -0.2) is 6.04 Å². The summed E-state index contributed by atoms with van der Waals surface area (Å²) >= 11 is 0. The van der Waals surface area contributed by atoms with Crippen LogP contribution in [0.25, 0.3) is 0 Å². The normalized spacial score (nSPS) is 9.83. The summed E-state index contributed by atoms with van der Waals surface area (Å²) in [6, 6.07) is 3.25. The number of hydrogen-bond donors (Lipinski definition) is 1. The molecule has 0 saturated carbocycles. The molecule has 12 heavy (non-hydrogen) atoms. The monoisotopic (exact) mass is 167 g/mol. The van der Waals surface area contributed by atoms with Gasteiger partial charge in [0.05, 0.1) is 5.56 Å². The minimum atomic E-state index is -1.42. The van der Waals surface area contributed by atoms with E-state index < -0.39 is 6.04 Å². The average molecular weight is 167 g/mol. The molecule has 2 N–H and O–H groups in total. The summed E-state index contributed by atoms with van der Waals surface area (Å²) in [5.74, 6) is 0. The molecule has 0 atom stereocenters. The number of nitrogen functional groups attached to an aromatic ring is 1. The van der Waals surface area contributed by atoms with Gasteiger partial charge in [-0.25, -0.2) is 0 Å². The summed E-state index contributed by atoms with van der Waals surface area (Å²) in [5.41, 5.74) is 6.69. The van der Waals surface area contributed by atoms with Crippen LogP contribution in [0.2, 0.25) is 0 Å². The van der Waals surface area contributed by atoms with Crippen LogP contribution < -0.4 is 5.73 Å². The molecular weight excluding hydrogens is 157 g/mol. The number of carbonyl (C=O) groups excluding carboxylic acids is 1. The standard InChI is InChI=1S/C9H10FNO/c1-2-6-7(9(10)12)4-3-5-8(6)11/h3-5H,2,11H2,1H3. The van der Waals surface area contributed by atoms with Crippen molar-refractivity contribution in [3.63, 3.8) is 0 Å². The molecule has 3 heteroatoms. The van der Waals surface area contributed by atoms with Gasteiger partial charge in [0.2, 0.25) is 0 Å². The Morgan fingerprint density at radius 3 is 2.67 bits per heavy atom. The first kappa shape index (κ1) is 8.71. The Morgan fingerprint density at radius 1 is 1.58 bits per heavy atom. The van der Waals surface area contributed by atoms with Crippen molar-refractivity contribution < 1.29 is 9.18 Å². The van der Waals surface area contributed by atoms with Crippen molar-refractivity contribution in [2.45, 2.75) is 13.3 Å². The first-order chi connectivity index (χ1) is 5.66. The summed E-state index contributed by atoms with van der Waals surface area (Å²) in [7, 11) is 0. The quantitative estimate of drug-likeness (QED) is 0.540. The molecule has 1 rings (SSSR count). The lowest BCUT2D eigenvalue weighted by molar-refractivity contribution is 0.0835. The summed E-state index contributed by atoms with van der Waals surface area (Å²) < 4.78 is 12.4. The van der Waals surface area contributed by atoms with Crippen LogP contribution in [0.3, 0.4) is 0 Å². The summed E-state index contributed by atoms with van der Waals surface area (Å²) in [4.78, 5) is 10.5.